The number of nitrogens with one attached hydrogen (secondary N) is 1. The van der Waals surface area contributed by atoms with Crippen LogP contribution in [0, 0.1) is 0 Å². The molecule has 0 fully saturated rings. The fourth-order valence-electron chi connectivity index (χ4n) is 1.81. The second-order valence-electron chi connectivity index (χ2n) is 5.76. The van der Waals surface area contributed by atoms with Crippen LogP contribution < -0.4 is 5.32 Å². The molecule has 1 unspecified atom stereocenters. The minimum Gasteiger partial charge on any atom is -0.458 e. The highest BCUT2D eigenvalue weighted by atomic mass is 79.9. The van der Waals surface area contributed by atoms with Crippen LogP contribution in [0.15, 0.2) is 22.9 Å². The van der Waals surface area contributed by atoms with Crippen LogP contribution in [0.3, 0.4) is 0 Å². The van der Waals surface area contributed by atoms with Crippen LogP contribution in [0.1, 0.15) is 20.8 Å². The Bertz CT molecular complexity index is 666. The monoisotopic (exact) mass is 370 g/mol. The van der Waals surface area contributed by atoms with Crippen molar-refractivity contribution < 1.29 is 14.3 Å². The Hall–Kier alpha value is -1.67. The number of halogens is 1. The Kier molecular flexibility index (Phi) is 5.02. The Morgan fingerprint density at radius 1 is 1.50 bits per heavy atom. The van der Waals surface area contributed by atoms with Gasteiger partial charge in [0.05, 0.1) is 17.3 Å². The molecule has 120 valence electrons. The van der Waals surface area contributed by atoms with E-state index in [2.05, 4.69) is 31.3 Å². The van der Waals surface area contributed by atoms with Crippen molar-refractivity contribution in [2.24, 2.45) is 0 Å². The summed E-state index contributed by atoms with van der Waals surface area (Å²) >= 11 is 3.38. The lowest BCUT2D eigenvalue weighted by molar-refractivity contribution is -0.156. The number of carbonyl (C=O) groups is 1. The summed E-state index contributed by atoms with van der Waals surface area (Å²) in [6, 6.07) is 1.10. The number of fused-ring (bicyclic) bond motifs is 1. The van der Waals surface area contributed by atoms with Crippen LogP contribution in [0.25, 0.3) is 5.65 Å². The zero-order chi connectivity index (χ0) is 16.3. The third-order valence-electron chi connectivity index (χ3n) is 2.67. The molecule has 0 spiro atoms. The van der Waals surface area contributed by atoms with Gasteiger partial charge in [0.1, 0.15) is 17.5 Å². The molecular weight excluding hydrogens is 352 g/mol. The number of aromatic nitrogens is 3. The number of esters is 1. The summed E-state index contributed by atoms with van der Waals surface area (Å²) in [5.74, 6) is 0.158. The molecule has 0 aliphatic heterocycles. The molecule has 7 nitrogen and oxygen atoms in total. The SMILES string of the molecule is COCC(Nc1ccn2ncc(Br)c2n1)C(=O)OC(C)(C)C. The molecule has 0 aliphatic carbocycles. The minimum absolute atomic E-state index is 0.183. The summed E-state index contributed by atoms with van der Waals surface area (Å²) in [5.41, 5.74) is 0.0988. The molecule has 2 aromatic heterocycles. The van der Waals surface area contributed by atoms with Gasteiger partial charge in [-0.2, -0.15) is 5.10 Å². The molecule has 2 rings (SSSR count). The number of hydrogen-bond donors (Lipinski definition) is 1. The smallest absolute Gasteiger partial charge is 0.331 e. The summed E-state index contributed by atoms with van der Waals surface area (Å²) in [7, 11) is 1.53. The molecule has 0 saturated heterocycles. The van der Waals surface area contributed by atoms with Crippen molar-refractivity contribution >= 4 is 33.4 Å². The highest BCUT2D eigenvalue weighted by Gasteiger charge is 2.25. The number of anilines is 1. The Balaban J connectivity index is 2.18. The van der Waals surface area contributed by atoms with Crippen molar-refractivity contribution in [3.8, 4) is 0 Å². The molecule has 1 N–H and O–H groups in total. The zero-order valence-corrected chi connectivity index (χ0v) is 14.5. The van der Waals surface area contributed by atoms with E-state index in [1.807, 2.05) is 20.8 Å². The van der Waals surface area contributed by atoms with Gasteiger partial charge < -0.3 is 14.8 Å². The molecule has 0 radical (unpaired) electrons. The van der Waals surface area contributed by atoms with Crippen LogP contribution in [0.2, 0.25) is 0 Å². The van der Waals surface area contributed by atoms with Crippen LogP contribution in [0.5, 0.6) is 0 Å². The number of nitrogens with zero attached hydrogens (tertiary/aromatic N) is 3. The molecule has 0 aromatic carbocycles. The lowest BCUT2D eigenvalue weighted by Gasteiger charge is -2.24. The van der Waals surface area contributed by atoms with E-state index < -0.39 is 11.6 Å². The van der Waals surface area contributed by atoms with E-state index in [9.17, 15) is 4.79 Å². The predicted molar refractivity (Wildman–Crippen MR) is 85.8 cm³/mol. The van der Waals surface area contributed by atoms with Gasteiger partial charge in [-0.15, -0.1) is 0 Å². The summed E-state index contributed by atoms with van der Waals surface area (Å²) in [6.45, 7) is 5.65. The predicted octanol–water partition coefficient (Wildman–Crippen LogP) is 2.26. The van der Waals surface area contributed by atoms with E-state index in [1.54, 1.807) is 23.0 Å². The first-order valence-corrected chi connectivity index (χ1v) is 7.57. The average molecular weight is 371 g/mol. The Morgan fingerprint density at radius 3 is 2.86 bits per heavy atom. The van der Waals surface area contributed by atoms with Crippen LogP contribution in [0.4, 0.5) is 5.82 Å². The van der Waals surface area contributed by atoms with E-state index in [-0.39, 0.29) is 12.6 Å². The van der Waals surface area contributed by atoms with Crippen LogP contribution in [-0.4, -0.2) is 45.9 Å². The minimum atomic E-state index is -0.638. The van der Waals surface area contributed by atoms with Gasteiger partial charge in [-0.3, -0.25) is 0 Å². The molecule has 0 amide bonds. The normalized spacial score (nSPS) is 13.1. The van der Waals surface area contributed by atoms with Crippen LogP contribution in [-0.2, 0) is 14.3 Å². The standard InChI is InChI=1S/C14H19BrN4O3/c1-14(2,3)22-13(20)10(8-21-4)17-11-5-6-19-12(18-11)9(15)7-16-19/h5-7,10H,8H2,1-4H3,(H,17,18). The summed E-state index contributed by atoms with van der Waals surface area (Å²) in [4.78, 5) is 16.6. The first-order chi connectivity index (χ1) is 10.3. The second kappa shape index (κ2) is 6.62. The molecular formula is C14H19BrN4O3. The molecule has 2 aromatic rings. The van der Waals surface area contributed by atoms with Gasteiger partial charge in [0, 0.05) is 13.3 Å². The van der Waals surface area contributed by atoms with Crippen molar-refractivity contribution in [3.63, 3.8) is 0 Å². The molecule has 8 heteroatoms. The molecule has 2 heterocycles. The highest BCUT2D eigenvalue weighted by molar-refractivity contribution is 9.10. The zero-order valence-electron chi connectivity index (χ0n) is 13.0. The van der Waals surface area contributed by atoms with Gasteiger partial charge in [0.15, 0.2) is 5.65 Å². The van der Waals surface area contributed by atoms with E-state index >= 15 is 0 Å². The van der Waals surface area contributed by atoms with Gasteiger partial charge in [0.25, 0.3) is 0 Å². The topological polar surface area (TPSA) is 77.8 Å². The number of carbonyl (C=O) groups excluding carboxylic acids is 1. The Labute approximate surface area is 137 Å². The molecule has 22 heavy (non-hydrogen) atoms. The summed E-state index contributed by atoms with van der Waals surface area (Å²) in [6.07, 6.45) is 3.42. The third kappa shape index (κ3) is 4.17. The molecule has 1 atom stereocenters. The highest BCUT2D eigenvalue weighted by Crippen LogP contribution is 2.18. The van der Waals surface area contributed by atoms with Crippen molar-refractivity contribution in [2.75, 3.05) is 19.0 Å². The van der Waals surface area contributed by atoms with E-state index in [0.29, 0.717) is 11.5 Å². The quantitative estimate of drug-likeness (QED) is 0.813. The lowest BCUT2D eigenvalue weighted by atomic mass is 10.2. The maximum absolute atomic E-state index is 12.2. The number of hydrogen-bond acceptors (Lipinski definition) is 6. The van der Waals surface area contributed by atoms with E-state index in [4.69, 9.17) is 9.47 Å². The molecule has 0 aliphatic rings. The summed E-state index contributed by atoms with van der Waals surface area (Å²) < 4.78 is 12.9. The number of ether oxygens (including phenoxy) is 2. The van der Waals surface area contributed by atoms with Crippen molar-refractivity contribution in [1.29, 1.82) is 0 Å². The maximum atomic E-state index is 12.2. The first-order valence-electron chi connectivity index (χ1n) is 6.78. The van der Waals surface area contributed by atoms with E-state index in [1.165, 1.54) is 7.11 Å². The van der Waals surface area contributed by atoms with Crippen molar-refractivity contribution in [3.05, 3.63) is 22.9 Å². The fourth-order valence-corrected chi connectivity index (χ4v) is 2.17. The van der Waals surface area contributed by atoms with Crippen LogP contribution >= 0.6 is 15.9 Å². The fraction of sp³-hybridized carbons (Fsp3) is 0.500. The van der Waals surface area contributed by atoms with Gasteiger partial charge in [-0.05, 0) is 42.8 Å². The van der Waals surface area contributed by atoms with E-state index in [0.717, 1.165) is 4.47 Å². The third-order valence-corrected chi connectivity index (χ3v) is 3.23. The first kappa shape index (κ1) is 16.7. The van der Waals surface area contributed by atoms with Crippen molar-refractivity contribution in [2.45, 2.75) is 32.4 Å². The van der Waals surface area contributed by atoms with Gasteiger partial charge in [0.2, 0.25) is 0 Å². The maximum Gasteiger partial charge on any atom is 0.331 e. The lowest BCUT2D eigenvalue weighted by Crippen LogP contribution is -2.39. The Morgan fingerprint density at radius 2 is 2.23 bits per heavy atom. The van der Waals surface area contributed by atoms with Gasteiger partial charge in [-0.1, -0.05) is 0 Å². The van der Waals surface area contributed by atoms with Crippen molar-refractivity contribution in [1.82, 2.24) is 14.6 Å². The molecule has 0 bridgehead atoms. The molecule has 0 saturated carbocycles. The largest absolute Gasteiger partial charge is 0.458 e. The number of rotatable bonds is 5. The second-order valence-corrected chi connectivity index (χ2v) is 6.61. The van der Waals surface area contributed by atoms with Gasteiger partial charge >= 0.3 is 5.97 Å². The van der Waals surface area contributed by atoms with Gasteiger partial charge in [-0.25, -0.2) is 14.3 Å². The summed E-state index contributed by atoms with van der Waals surface area (Å²) in [5, 5.41) is 7.16. The number of methoxy groups -OCH3 is 1. The average Bonchev–Trinajstić information content (AvgIpc) is 2.78.